The average molecular weight is 444 g/mol. The van der Waals surface area contributed by atoms with Crippen molar-refractivity contribution in [2.24, 2.45) is 0 Å². The molecule has 1 aliphatic carbocycles. The summed E-state index contributed by atoms with van der Waals surface area (Å²) in [5, 5.41) is 3.32. The van der Waals surface area contributed by atoms with E-state index in [4.69, 9.17) is 16.3 Å². The number of benzene rings is 1. The molecule has 1 N–H and O–H groups in total. The highest BCUT2D eigenvalue weighted by Crippen LogP contribution is 2.40. The number of halogens is 4. The van der Waals surface area contributed by atoms with Gasteiger partial charge in [-0.15, -0.1) is 13.2 Å². The first-order valence-electron chi connectivity index (χ1n) is 9.31. The number of imidazole rings is 1. The van der Waals surface area contributed by atoms with Gasteiger partial charge >= 0.3 is 6.36 Å². The van der Waals surface area contributed by atoms with Crippen LogP contribution in [0.4, 0.5) is 13.2 Å². The van der Waals surface area contributed by atoms with E-state index in [9.17, 15) is 18.0 Å². The van der Waals surface area contributed by atoms with E-state index in [1.807, 2.05) is 0 Å². The van der Waals surface area contributed by atoms with Gasteiger partial charge in [0.05, 0.1) is 18.1 Å². The highest BCUT2D eigenvalue weighted by molar-refractivity contribution is 6.30. The van der Waals surface area contributed by atoms with Gasteiger partial charge in [0.1, 0.15) is 5.75 Å². The Hall–Kier alpha value is -2.52. The molecule has 0 saturated heterocycles. The molecule has 10 heteroatoms. The molecule has 1 aromatic carbocycles. The Balaban J connectivity index is 1.35. The lowest BCUT2D eigenvalue weighted by molar-refractivity contribution is -0.351. The van der Waals surface area contributed by atoms with Crippen LogP contribution in [0, 0.1) is 0 Å². The molecule has 6 nitrogen and oxygen atoms in total. The summed E-state index contributed by atoms with van der Waals surface area (Å²) >= 11 is 5.79. The van der Waals surface area contributed by atoms with Gasteiger partial charge in [-0.3, -0.25) is 9.53 Å². The average Bonchev–Trinajstić information content (AvgIpc) is 3.13. The molecule has 0 unspecified atom stereocenters. The maximum absolute atomic E-state index is 12.2. The van der Waals surface area contributed by atoms with Gasteiger partial charge in [0.25, 0.3) is 5.91 Å². The summed E-state index contributed by atoms with van der Waals surface area (Å²) < 4.78 is 47.7. The lowest BCUT2D eigenvalue weighted by atomic mass is 9.80. The Morgan fingerprint density at radius 1 is 1.30 bits per heavy atom. The van der Waals surface area contributed by atoms with Gasteiger partial charge in [0, 0.05) is 35.8 Å². The van der Waals surface area contributed by atoms with Crippen LogP contribution in [0.25, 0.3) is 5.70 Å². The lowest BCUT2D eigenvalue weighted by Crippen LogP contribution is -2.34. The standard InChI is InChI=1S/C20H21ClF3N3O3/c1-13(6-7-25-19(28)11-29-16-4-2-15(21)3-5-16)27-10-18(26-12-27)14-8-17(9-14)30-20(22,23)24/h2-5,10,12,14,17H,1,6-9,11H2,(H,25,28)/t14-,17+. The molecule has 2 aromatic rings. The normalized spacial score (nSPS) is 18.5. The largest absolute Gasteiger partial charge is 0.522 e. The molecular weight excluding hydrogens is 423 g/mol. The fourth-order valence-electron chi connectivity index (χ4n) is 3.02. The number of carbonyl (C=O) groups is 1. The number of alkyl halides is 3. The van der Waals surface area contributed by atoms with Gasteiger partial charge < -0.3 is 14.6 Å². The van der Waals surface area contributed by atoms with Crippen molar-refractivity contribution in [1.82, 2.24) is 14.9 Å². The third-order valence-corrected chi connectivity index (χ3v) is 4.95. The van der Waals surface area contributed by atoms with Crippen molar-refractivity contribution in [3.8, 4) is 5.75 Å². The van der Waals surface area contributed by atoms with Crippen LogP contribution >= 0.6 is 11.6 Å². The van der Waals surface area contributed by atoms with Crippen molar-refractivity contribution in [1.29, 1.82) is 0 Å². The van der Waals surface area contributed by atoms with Crippen LogP contribution in [0.2, 0.25) is 5.02 Å². The molecule has 0 atom stereocenters. The van der Waals surface area contributed by atoms with E-state index in [2.05, 4.69) is 21.6 Å². The maximum Gasteiger partial charge on any atom is 0.522 e. The molecule has 0 aliphatic heterocycles. The minimum atomic E-state index is -4.60. The van der Waals surface area contributed by atoms with E-state index < -0.39 is 12.5 Å². The van der Waals surface area contributed by atoms with Crippen LogP contribution < -0.4 is 10.1 Å². The van der Waals surface area contributed by atoms with Gasteiger partial charge in [0.15, 0.2) is 6.61 Å². The molecule has 0 bridgehead atoms. The fraction of sp³-hybridized carbons (Fsp3) is 0.400. The van der Waals surface area contributed by atoms with E-state index >= 15 is 0 Å². The molecular formula is C20H21ClF3N3O3. The zero-order chi connectivity index (χ0) is 21.7. The van der Waals surface area contributed by atoms with Gasteiger partial charge in [-0.25, -0.2) is 4.98 Å². The molecule has 1 aliphatic rings. The maximum atomic E-state index is 12.2. The summed E-state index contributed by atoms with van der Waals surface area (Å²) in [6, 6.07) is 6.69. The zero-order valence-electron chi connectivity index (χ0n) is 16.0. The highest BCUT2D eigenvalue weighted by atomic mass is 35.5. The van der Waals surface area contributed by atoms with Gasteiger partial charge in [-0.1, -0.05) is 18.2 Å². The first-order chi connectivity index (χ1) is 14.2. The summed E-state index contributed by atoms with van der Waals surface area (Å²) in [6.45, 7) is 4.20. The van der Waals surface area contributed by atoms with Gasteiger partial charge in [0.2, 0.25) is 0 Å². The van der Waals surface area contributed by atoms with E-state index in [0.717, 1.165) is 0 Å². The number of nitrogens with zero attached hydrogens (tertiary/aromatic N) is 2. The second-order valence-electron chi connectivity index (χ2n) is 6.97. The number of carbonyl (C=O) groups excluding carboxylic acids is 1. The van der Waals surface area contributed by atoms with Crippen LogP contribution in [0.1, 0.15) is 30.9 Å². The third kappa shape index (κ3) is 6.50. The molecule has 1 heterocycles. The van der Waals surface area contributed by atoms with Crippen LogP contribution in [0.15, 0.2) is 43.4 Å². The molecule has 1 saturated carbocycles. The Bertz CT molecular complexity index is 877. The first kappa shape index (κ1) is 22.2. The number of nitrogens with one attached hydrogen (secondary N) is 1. The quantitative estimate of drug-likeness (QED) is 0.625. The van der Waals surface area contributed by atoms with Crippen molar-refractivity contribution < 1.29 is 27.4 Å². The van der Waals surface area contributed by atoms with Gasteiger partial charge in [-0.2, -0.15) is 0 Å². The Morgan fingerprint density at radius 3 is 2.67 bits per heavy atom. The molecule has 1 amide bonds. The minimum absolute atomic E-state index is 0.0591. The predicted octanol–water partition coefficient (Wildman–Crippen LogP) is 4.37. The summed E-state index contributed by atoms with van der Waals surface area (Å²) in [7, 11) is 0. The lowest BCUT2D eigenvalue weighted by Gasteiger charge is -2.34. The summed E-state index contributed by atoms with van der Waals surface area (Å²) in [5.74, 6) is 0.217. The molecule has 0 spiro atoms. The summed E-state index contributed by atoms with van der Waals surface area (Å²) in [4.78, 5) is 16.1. The number of aromatic nitrogens is 2. The fourth-order valence-corrected chi connectivity index (χ4v) is 3.15. The number of rotatable bonds is 9. The molecule has 1 fully saturated rings. The predicted molar refractivity (Wildman–Crippen MR) is 105 cm³/mol. The Labute approximate surface area is 176 Å². The van der Waals surface area contributed by atoms with Crippen LogP contribution in [0.3, 0.4) is 0 Å². The number of ether oxygens (including phenoxy) is 2. The molecule has 30 heavy (non-hydrogen) atoms. The third-order valence-electron chi connectivity index (χ3n) is 4.70. The van der Waals surface area contributed by atoms with E-state index in [1.54, 1.807) is 41.4 Å². The SMILES string of the molecule is C=C(CCNC(=O)COc1ccc(Cl)cc1)n1cnc([C@H]2C[C@@H](OC(F)(F)F)C2)c1. The van der Waals surface area contributed by atoms with Crippen molar-refractivity contribution in [3.63, 3.8) is 0 Å². The second kappa shape index (κ2) is 9.53. The van der Waals surface area contributed by atoms with Crippen molar-refractivity contribution in [2.75, 3.05) is 13.2 Å². The van der Waals surface area contributed by atoms with E-state index in [0.29, 0.717) is 35.1 Å². The van der Waals surface area contributed by atoms with Crippen LogP contribution in [-0.2, 0) is 9.53 Å². The first-order valence-corrected chi connectivity index (χ1v) is 9.69. The highest BCUT2D eigenvalue weighted by Gasteiger charge is 2.41. The second-order valence-corrected chi connectivity index (χ2v) is 7.40. The van der Waals surface area contributed by atoms with E-state index in [-0.39, 0.29) is 31.3 Å². The Morgan fingerprint density at radius 2 is 2.00 bits per heavy atom. The number of amides is 1. The summed E-state index contributed by atoms with van der Waals surface area (Å²) in [6.07, 6.45) is -1.04. The van der Waals surface area contributed by atoms with Gasteiger partial charge in [-0.05, 0) is 37.1 Å². The van der Waals surface area contributed by atoms with Crippen molar-refractivity contribution in [2.45, 2.75) is 37.6 Å². The van der Waals surface area contributed by atoms with E-state index in [1.165, 1.54) is 0 Å². The van der Waals surface area contributed by atoms with Crippen molar-refractivity contribution >= 4 is 23.2 Å². The monoisotopic (exact) mass is 443 g/mol. The number of hydrogen-bond donors (Lipinski definition) is 1. The molecule has 0 radical (unpaired) electrons. The molecule has 1 aromatic heterocycles. The summed E-state index contributed by atoms with van der Waals surface area (Å²) in [5.41, 5.74) is 1.41. The number of hydrogen-bond acceptors (Lipinski definition) is 4. The molecule has 162 valence electrons. The van der Waals surface area contributed by atoms with Crippen LogP contribution in [0.5, 0.6) is 5.75 Å². The van der Waals surface area contributed by atoms with Crippen LogP contribution in [-0.4, -0.2) is 41.1 Å². The smallest absolute Gasteiger partial charge is 0.484 e. The molecule has 3 rings (SSSR count). The minimum Gasteiger partial charge on any atom is -0.484 e. The topological polar surface area (TPSA) is 65.4 Å². The zero-order valence-corrected chi connectivity index (χ0v) is 16.7. The van der Waals surface area contributed by atoms with Crippen molar-refractivity contribution in [3.05, 3.63) is 54.1 Å². The Kier molecular flexibility index (Phi) is 7.04.